The SMILES string of the molecule is Cc1nc2ccc(C)c(CN)c2[nH]1. The Kier molecular flexibility index (Phi) is 1.81. The lowest BCUT2D eigenvalue weighted by molar-refractivity contribution is 1.06. The first-order valence-electron chi connectivity index (χ1n) is 4.37. The van der Waals surface area contributed by atoms with Gasteiger partial charge in [0.25, 0.3) is 0 Å². The van der Waals surface area contributed by atoms with Gasteiger partial charge in [0.05, 0.1) is 11.0 Å². The minimum Gasteiger partial charge on any atom is -0.342 e. The predicted octanol–water partition coefficient (Wildman–Crippen LogP) is 1.64. The summed E-state index contributed by atoms with van der Waals surface area (Å²) in [5.41, 5.74) is 10.2. The Morgan fingerprint density at radius 2 is 2.15 bits per heavy atom. The van der Waals surface area contributed by atoms with Crippen molar-refractivity contribution in [3.8, 4) is 0 Å². The zero-order valence-corrected chi connectivity index (χ0v) is 7.89. The number of H-pyrrole nitrogens is 1. The summed E-state index contributed by atoms with van der Waals surface area (Å²) < 4.78 is 0. The highest BCUT2D eigenvalue weighted by Crippen LogP contribution is 2.19. The molecule has 1 aromatic heterocycles. The highest BCUT2D eigenvalue weighted by atomic mass is 14.9. The maximum atomic E-state index is 5.68. The van der Waals surface area contributed by atoms with Crippen LogP contribution in [0, 0.1) is 13.8 Å². The molecule has 13 heavy (non-hydrogen) atoms. The lowest BCUT2D eigenvalue weighted by Gasteiger charge is -2.02. The van der Waals surface area contributed by atoms with Gasteiger partial charge >= 0.3 is 0 Å². The molecule has 0 amide bonds. The molecule has 3 nitrogen and oxygen atoms in total. The van der Waals surface area contributed by atoms with Crippen LogP contribution in [-0.2, 0) is 6.54 Å². The van der Waals surface area contributed by atoms with E-state index in [1.165, 1.54) is 5.56 Å². The van der Waals surface area contributed by atoms with E-state index in [0.717, 1.165) is 22.4 Å². The quantitative estimate of drug-likeness (QED) is 0.692. The predicted molar refractivity (Wildman–Crippen MR) is 53.5 cm³/mol. The first-order valence-corrected chi connectivity index (χ1v) is 4.37. The number of nitrogens with two attached hydrogens (primary N) is 1. The van der Waals surface area contributed by atoms with Crippen molar-refractivity contribution in [1.82, 2.24) is 9.97 Å². The summed E-state index contributed by atoms with van der Waals surface area (Å²) in [6, 6.07) is 4.08. The first-order chi connectivity index (χ1) is 6.22. The van der Waals surface area contributed by atoms with Gasteiger partial charge in [-0.1, -0.05) is 6.07 Å². The first kappa shape index (κ1) is 8.26. The Hall–Kier alpha value is -1.35. The Balaban J connectivity index is 2.82. The van der Waals surface area contributed by atoms with Crippen LogP contribution in [0.5, 0.6) is 0 Å². The van der Waals surface area contributed by atoms with Gasteiger partial charge in [0.15, 0.2) is 0 Å². The summed E-state index contributed by atoms with van der Waals surface area (Å²) in [5, 5.41) is 0. The normalized spacial score (nSPS) is 11.0. The van der Waals surface area contributed by atoms with E-state index >= 15 is 0 Å². The van der Waals surface area contributed by atoms with Crippen LogP contribution in [0.15, 0.2) is 12.1 Å². The number of benzene rings is 1. The molecule has 0 spiro atoms. The average Bonchev–Trinajstić information content (AvgIpc) is 2.45. The maximum absolute atomic E-state index is 5.68. The summed E-state index contributed by atoms with van der Waals surface area (Å²) in [4.78, 5) is 7.58. The van der Waals surface area contributed by atoms with Crippen LogP contribution in [0.3, 0.4) is 0 Å². The van der Waals surface area contributed by atoms with E-state index in [4.69, 9.17) is 5.73 Å². The highest BCUT2D eigenvalue weighted by molar-refractivity contribution is 5.80. The number of aromatic nitrogens is 2. The summed E-state index contributed by atoms with van der Waals surface area (Å²) in [7, 11) is 0. The Labute approximate surface area is 77.0 Å². The summed E-state index contributed by atoms with van der Waals surface area (Å²) >= 11 is 0. The Morgan fingerprint density at radius 3 is 2.85 bits per heavy atom. The summed E-state index contributed by atoms with van der Waals surface area (Å²) in [6.45, 7) is 4.58. The molecule has 0 atom stereocenters. The third-order valence-electron chi connectivity index (χ3n) is 2.32. The molecule has 0 bridgehead atoms. The van der Waals surface area contributed by atoms with Gasteiger partial charge in [0.2, 0.25) is 0 Å². The molecule has 68 valence electrons. The van der Waals surface area contributed by atoms with Gasteiger partial charge in [-0.15, -0.1) is 0 Å². The molecule has 0 saturated carbocycles. The van der Waals surface area contributed by atoms with Crippen LogP contribution >= 0.6 is 0 Å². The van der Waals surface area contributed by atoms with E-state index in [-0.39, 0.29) is 0 Å². The smallest absolute Gasteiger partial charge is 0.104 e. The van der Waals surface area contributed by atoms with Crippen molar-refractivity contribution in [3.05, 3.63) is 29.1 Å². The van der Waals surface area contributed by atoms with Gasteiger partial charge < -0.3 is 10.7 Å². The molecule has 1 aromatic carbocycles. The molecule has 0 radical (unpaired) electrons. The zero-order valence-electron chi connectivity index (χ0n) is 7.89. The average molecular weight is 175 g/mol. The standard InChI is InChI=1S/C10H13N3/c1-6-3-4-9-10(8(6)5-11)13-7(2)12-9/h3-4H,5,11H2,1-2H3,(H,12,13). The molecule has 0 aliphatic heterocycles. The second-order valence-corrected chi connectivity index (χ2v) is 3.28. The van der Waals surface area contributed by atoms with Gasteiger partial charge in [-0.05, 0) is 31.0 Å². The third-order valence-corrected chi connectivity index (χ3v) is 2.32. The van der Waals surface area contributed by atoms with Gasteiger partial charge in [-0.3, -0.25) is 0 Å². The molecule has 0 saturated heterocycles. The maximum Gasteiger partial charge on any atom is 0.104 e. The molecule has 0 aliphatic rings. The summed E-state index contributed by atoms with van der Waals surface area (Å²) in [5.74, 6) is 0.940. The lowest BCUT2D eigenvalue weighted by atomic mass is 10.1. The van der Waals surface area contributed by atoms with Crippen molar-refractivity contribution < 1.29 is 0 Å². The number of hydrogen-bond acceptors (Lipinski definition) is 2. The van der Waals surface area contributed by atoms with E-state index in [9.17, 15) is 0 Å². The highest BCUT2D eigenvalue weighted by Gasteiger charge is 2.05. The number of imidazole rings is 1. The van der Waals surface area contributed by atoms with E-state index in [2.05, 4.69) is 23.0 Å². The van der Waals surface area contributed by atoms with Crippen LogP contribution < -0.4 is 5.73 Å². The molecule has 2 rings (SSSR count). The topological polar surface area (TPSA) is 54.7 Å². The van der Waals surface area contributed by atoms with Crippen LogP contribution in [0.2, 0.25) is 0 Å². The molecule has 0 fully saturated rings. The third kappa shape index (κ3) is 1.21. The minimum absolute atomic E-state index is 0.560. The van der Waals surface area contributed by atoms with Crippen LogP contribution in [-0.4, -0.2) is 9.97 Å². The van der Waals surface area contributed by atoms with Gasteiger partial charge in [-0.25, -0.2) is 4.98 Å². The number of fused-ring (bicyclic) bond motifs is 1. The van der Waals surface area contributed by atoms with E-state index in [1.807, 2.05) is 13.0 Å². The van der Waals surface area contributed by atoms with Crippen molar-refractivity contribution in [2.45, 2.75) is 20.4 Å². The number of aryl methyl sites for hydroxylation is 2. The molecular formula is C10H13N3. The molecule has 2 aromatic rings. The number of nitrogens with zero attached hydrogens (tertiary/aromatic N) is 1. The lowest BCUT2D eigenvalue weighted by Crippen LogP contribution is -1.99. The molecule has 0 aliphatic carbocycles. The van der Waals surface area contributed by atoms with Crippen LogP contribution in [0.1, 0.15) is 17.0 Å². The van der Waals surface area contributed by atoms with Crippen LogP contribution in [0.4, 0.5) is 0 Å². The van der Waals surface area contributed by atoms with Gasteiger partial charge in [-0.2, -0.15) is 0 Å². The fraction of sp³-hybridized carbons (Fsp3) is 0.300. The molecule has 0 unspecified atom stereocenters. The number of hydrogen-bond donors (Lipinski definition) is 2. The van der Waals surface area contributed by atoms with Crippen LogP contribution in [0.25, 0.3) is 11.0 Å². The number of aromatic amines is 1. The summed E-state index contributed by atoms with van der Waals surface area (Å²) in [6.07, 6.45) is 0. The number of nitrogens with one attached hydrogen (secondary N) is 1. The van der Waals surface area contributed by atoms with Gasteiger partial charge in [0.1, 0.15) is 5.82 Å². The largest absolute Gasteiger partial charge is 0.342 e. The van der Waals surface area contributed by atoms with Gasteiger partial charge in [0, 0.05) is 6.54 Å². The second-order valence-electron chi connectivity index (χ2n) is 3.28. The monoisotopic (exact) mass is 175 g/mol. The second kappa shape index (κ2) is 2.85. The minimum atomic E-state index is 0.560. The Bertz CT molecular complexity index is 443. The van der Waals surface area contributed by atoms with E-state index in [0.29, 0.717) is 6.54 Å². The zero-order chi connectivity index (χ0) is 9.42. The van der Waals surface area contributed by atoms with Crippen molar-refractivity contribution >= 4 is 11.0 Å². The Morgan fingerprint density at radius 1 is 1.38 bits per heavy atom. The van der Waals surface area contributed by atoms with E-state index < -0.39 is 0 Å². The van der Waals surface area contributed by atoms with Crippen molar-refractivity contribution in [2.75, 3.05) is 0 Å². The fourth-order valence-corrected chi connectivity index (χ4v) is 1.62. The number of rotatable bonds is 1. The molecule has 3 N–H and O–H groups in total. The molecule has 3 heteroatoms. The fourth-order valence-electron chi connectivity index (χ4n) is 1.62. The van der Waals surface area contributed by atoms with Crippen molar-refractivity contribution in [3.63, 3.8) is 0 Å². The van der Waals surface area contributed by atoms with Crippen molar-refractivity contribution in [2.24, 2.45) is 5.73 Å². The molecule has 1 heterocycles. The van der Waals surface area contributed by atoms with Crippen molar-refractivity contribution in [1.29, 1.82) is 0 Å². The van der Waals surface area contributed by atoms with E-state index in [1.54, 1.807) is 0 Å². The molecular weight excluding hydrogens is 162 g/mol.